The second-order valence-corrected chi connectivity index (χ2v) is 9.89. The van der Waals surface area contributed by atoms with Crippen molar-refractivity contribution in [2.24, 2.45) is 0 Å². The summed E-state index contributed by atoms with van der Waals surface area (Å²) in [5.74, 6) is -1.71. The third-order valence-electron chi connectivity index (χ3n) is 5.48. The van der Waals surface area contributed by atoms with Crippen LogP contribution in [0, 0.1) is 19.4 Å². The van der Waals surface area contributed by atoms with Gasteiger partial charge in [0, 0.05) is 19.0 Å². The van der Waals surface area contributed by atoms with Crippen LogP contribution in [-0.4, -0.2) is 53.6 Å². The maximum Gasteiger partial charge on any atom is 0.408 e. The summed E-state index contributed by atoms with van der Waals surface area (Å²) in [6.45, 7) is 8.94. The third-order valence-corrected chi connectivity index (χ3v) is 5.48. The van der Waals surface area contributed by atoms with Gasteiger partial charge in [-0.3, -0.25) is 19.3 Å². The number of carbonyl (C=O) groups excluding carboxylic acids is 4. The van der Waals surface area contributed by atoms with Crippen molar-refractivity contribution in [1.82, 2.24) is 15.5 Å². The van der Waals surface area contributed by atoms with Gasteiger partial charge in [-0.05, 0) is 45.7 Å². The molecule has 0 aromatic heterocycles. The highest BCUT2D eigenvalue weighted by molar-refractivity contribution is 5.93. The van der Waals surface area contributed by atoms with Crippen LogP contribution in [0.2, 0.25) is 0 Å². The lowest BCUT2D eigenvalue weighted by molar-refractivity contribution is -0.143. The summed E-state index contributed by atoms with van der Waals surface area (Å²) in [4.78, 5) is 52.7. The van der Waals surface area contributed by atoms with Gasteiger partial charge in [-0.25, -0.2) is 4.79 Å². The summed E-state index contributed by atoms with van der Waals surface area (Å²) in [7, 11) is 0. The van der Waals surface area contributed by atoms with Gasteiger partial charge in [0.05, 0.1) is 13.0 Å². The molecule has 0 aliphatic carbocycles. The highest BCUT2D eigenvalue weighted by Gasteiger charge is 2.36. The summed E-state index contributed by atoms with van der Waals surface area (Å²) < 4.78 is 10.3. The Labute approximate surface area is 230 Å². The first-order chi connectivity index (χ1) is 18.4. The van der Waals surface area contributed by atoms with Crippen LogP contribution in [-0.2, 0) is 30.3 Å². The number of rotatable bonds is 11. The van der Waals surface area contributed by atoms with Crippen LogP contribution in [0.4, 0.5) is 4.79 Å². The number of terminal acetylenes is 1. The minimum atomic E-state index is -1.22. The molecule has 0 spiro atoms. The first-order valence-corrected chi connectivity index (χ1v) is 12.8. The number of aryl methyl sites for hydroxylation is 1. The zero-order valence-electron chi connectivity index (χ0n) is 23.2. The van der Waals surface area contributed by atoms with Crippen LogP contribution >= 0.6 is 0 Å². The number of ether oxygens (including phenoxy) is 2. The lowest BCUT2D eigenvalue weighted by Crippen LogP contribution is -2.52. The van der Waals surface area contributed by atoms with E-state index in [-0.39, 0.29) is 26.0 Å². The predicted molar refractivity (Wildman–Crippen MR) is 147 cm³/mol. The van der Waals surface area contributed by atoms with Crippen molar-refractivity contribution in [1.29, 1.82) is 0 Å². The molecule has 0 saturated heterocycles. The molecule has 2 aromatic rings. The number of hydrogen-bond acceptors (Lipinski definition) is 6. The molecule has 0 aliphatic rings. The van der Waals surface area contributed by atoms with Crippen molar-refractivity contribution < 1.29 is 28.7 Å². The Morgan fingerprint density at radius 3 is 2.23 bits per heavy atom. The van der Waals surface area contributed by atoms with Gasteiger partial charge in [0.2, 0.25) is 5.91 Å². The molecule has 2 unspecified atom stereocenters. The van der Waals surface area contributed by atoms with Crippen molar-refractivity contribution in [2.75, 3.05) is 13.2 Å². The van der Waals surface area contributed by atoms with E-state index in [0.717, 1.165) is 16.0 Å². The molecule has 9 nitrogen and oxygen atoms in total. The largest absolute Gasteiger partial charge is 0.466 e. The monoisotopic (exact) mass is 535 g/mol. The molecule has 0 saturated carbocycles. The SMILES string of the molecule is C#CN(C(=O)C(Cc1ccccc1)NC(=O)OC(C)(C)C)C(C(=O)NCCC(=O)OCC)c1ccc(C)cc1. The molecule has 0 radical (unpaired) electrons. The highest BCUT2D eigenvalue weighted by atomic mass is 16.6. The third kappa shape index (κ3) is 10.2. The Balaban J connectivity index is 2.39. The van der Waals surface area contributed by atoms with Crippen molar-refractivity contribution in [3.05, 3.63) is 71.3 Å². The number of nitrogens with zero attached hydrogens (tertiary/aromatic N) is 1. The van der Waals surface area contributed by atoms with E-state index in [1.165, 1.54) is 0 Å². The van der Waals surface area contributed by atoms with Crippen molar-refractivity contribution >= 4 is 23.9 Å². The van der Waals surface area contributed by atoms with E-state index in [9.17, 15) is 19.2 Å². The van der Waals surface area contributed by atoms with Crippen LogP contribution in [0.1, 0.15) is 56.8 Å². The smallest absolute Gasteiger partial charge is 0.408 e. The second kappa shape index (κ2) is 14.6. The van der Waals surface area contributed by atoms with Crippen molar-refractivity contribution in [3.8, 4) is 12.5 Å². The average Bonchev–Trinajstić information content (AvgIpc) is 2.87. The first-order valence-electron chi connectivity index (χ1n) is 12.8. The van der Waals surface area contributed by atoms with Crippen LogP contribution in [0.5, 0.6) is 0 Å². The fraction of sp³-hybridized carbons (Fsp3) is 0.400. The molecule has 208 valence electrons. The Morgan fingerprint density at radius 2 is 1.67 bits per heavy atom. The number of nitrogens with one attached hydrogen (secondary N) is 2. The van der Waals surface area contributed by atoms with E-state index in [4.69, 9.17) is 15.9 Å². The fourth-order valence-electron chi connectivity index (χ4n) is 3.72. The van der Waals surface area contributed by atoms with Crippen molar-refractivity contribution in [3.63, 3.8) is 0 Å². The predicted octanol–water partition coefficient (Wildman–Crippen LogP) is 3.66. The number of carbonyl (C=O) groups is 4. The van der Waals surface area contributed by atoms with Crippen LogP contribution in [0.15, 0.2) is 54.6 Å². The molecule has 2 rings (SSSR count). The molecule has 39 heavy (non-hydrogen) atoms. The zero-order chi connectivity index (χ0) is 29.0. The number of amides is 3. The molecule has 0 aliphatic heterocycles. The summed E-state index contributed by atoms with van der Waals surface area (Å²) in [6.07, 6.45) is 5.10. The zero-order valence-corrected chi connectivity index (χ0v) is 23.2. The molecule has 0 heterocycles. The van der Waals surface area contributed by atoms with Crippen LogP contribution in [0.25, 0.3) is 0 Å². The second-order valence-electron chi connectivity index (χ2n) is 9.89. The van der Waals surface area contributed by atoms with Gasteiger partial charge >= 0.3 is 12.1 Å². The summed E-state index contributed by atoms with van der Waals surface area (Å²) in [6, 6.07) is 16.1. The minimum absolute atomic E-state index is 0.00374. The van der Waals surface area contributed by atoms with E-state index in [1.807, 2.05) is 37.3 Å². The molecular formula is C30H37N3O6. The molecule has 0 fully saturated rings. The van der Waals surface area contributed by atoms with Gasteiger partial charge in [0.25, 0.3) is 5.91 Å². The Bertz CT molecular complexity index is 1170. The number of hydrogen-bond donors (Lipinski definition) is 2. The standard InChI is InChI=1S/C30H37N3O6/c1-7-33(26(23-16-14-21(3)15-17-23)27(35)31-19-18-25(34)38-8-2)28(36)24(20-22-12-10-9-11-13-22)32-29(37)39-30(4,5)6/h1,9-17,24,26H,8,18-20H2,2-6H3,(H,31,35)(H,32,37). The van der Waals surface area contributed by atoms with E-state index >= 15 is 0 Å². The lowest BCUT2D eigenvalue weighted by atomic mass is 10.00. The number of benzene rings is 2. The fourth-order valence-corrected chi connectivity index (χ4v) is 3.72. The topological polar surface area (TPSA) is 114 Å². The van der Waals surface area contributed by atoms with Gasteiger partial charge in [-0.15, -0.1) is 0 Å². The van der Waals surface area contributed by atoms with Crippen molar-refractivity contribution in [2.45, 2.75) is 65.1 Å². The van der Waals surface area contributed by atoms with Gasteiger partial charge in [-0.2, -0.15) is 0 Å². The van der Waals surface area contributed by atoms with Crippen LogP contribution < -0.4 is 10.6 Å². The van der Waals surface area contributed by atoms with Gasteiger partial charge < -0.3 is 20.1 Å². The van der Waals surface area contributed by atoms with E-state index in [2.05, 4.69) is 16.7 Å². The molecule has 9 heteroatoms. The first kappa shape index (κ1) is 30.9. The lowest BCUT2D eigenvalue weighted by Gasteiger charge is -2.30. The summed E-state index contributed by atoms with van der Waals surface area (Å²) in [5.41, 5.74) is 1.40. The quantitative estimate of drug-likeness (QED) is 0.258. The minimum Gasteiger partial charge on any atom is -0.466 e. The summed E-state index contributed by atoms with van der Waals surface area (Å²) in [5, 5.41) is 5.30. The van der Waals surface area contributed by atoms with Crippen LogP contribution in [0.3, 0.4) is 0 Å². The average molecular weight is 536 g/mol. The van der Waals surface area contributed by atoms with Gasteiger partial charge in [0.1, 0.15) is 17.7 Å². The number of esters is 1. The van der Waals surface area contributed by atoms with E-state index < -0.39 is 41.6 Å². The molecule has 3 amide bonds. The molecule has 2 N–H and O–H groups in total. The Morgan fingerprint density at radius 1 is 1.03 bits per heavy atom. The van der Waals surface area contributed by atoms with Gasteiger partial charge in [-0.1, -0.05) is 66.6 Å². The summed E-state index contributed by atoms with van der Waals surface area (Å²) >= 11 is 0. The molecular weight excluding hydrogens is 498 g/mol. The number of alkyl carbamates (subject to hydrolysis) is 1. The maximum absolute atomic E-state index is 13.9. The molecule has 2 atom stereocenters. The van der Waals surface area contributed by atoms with E-state index in [0.29, 0.717) is 5.56 Å². The Hall–Kier alpha value is -4.32. The maximum atomic E-state index is 13.9. The highest BCUT2D eigenvalue weighted by Crippen LogP contribution is 2.23. The normalized spacial score (nSPS) is 12.3. The molecule has 2 aromatic carbocycles. The van der Waals surface area contributed by atoms with E-state index in [1.54, 1.807) is 52.0 Å². The molecule has 0 bridgehead atoms. The van der Waals surface area contributed by atoms with Gasteiger partial charge in [0.15, 0.2) is 0 Å². The Kier molecular flexibility index (Phi) is 11.5.